The van der Waals surface area contributed by atoms with E-state index in [1.807, 2.05) is 44.2 Å². The van der Waals surface area contributed by atoms with E-state index in [0.29, 0.717) is 11.4 Å². The van der Waals surface area contributed by atoms with Gasteiger partial charge in [-0.3, -0.25) is 19.2 Å². The number of thiazole rings is 1. The maximum Gasteiger partial charge on any atom is 0.273 e. The lowest BCUT2D eigenvalue weighted by Gasteiger charge is -2.26. The van der Waals surface area contributed by atoms with Crippen LogP contribution in [0.4, 0.5) is 0 Å². The predicted octanol–water partition coefficient (Wildman–Crippen LogP) is 1.79. The zero-order chi connectivity index (χ0) is 29.5. The van der Waals surface area contributed by atoms with Crippen molar-refractivity contribution in [2.45, 2.75) is 32.4 Å². The molecule has 12 nitrogen and oxygen atoms in total. The van der Waals surface area contributed by atoms with Crippen LogP contribution >= 0.6 is 11.3 Å². The second kappa shape index (κ2) is 13.5. The fourth-order valence-corrected chi connectivity index (χ4v) is 5.35. The number of carbonyl (C=O) groups excluding carboxylic acids is 4. The summed E-state index contributed by atoms with van der Waals surface area (Å²) in [5.74, 6) is -1.41. The molecule has 218 valence electrons. The van der Waals surface area contributed by atoms with Crippen molar-refractivity contribution in [2.24, 2.45) is 5.92 Å². The molecule has 0 radical (unpaired) electrons. The second-order valence-electron chi connectivity index (χ2n) is 10.5. The van der Waals surface area contributed by atoms with E-state index in [-0.39, 0.29) is 61.2 Å². The van der Waals surface area contributed by atoms with Crippen LogP contribution in [0.3, 0.4) is 0 Å². The van der Waals surface area contributed by atoms with Crippen molar-refractivity contribution in [1.29, 1.82) is 0 Å². The van der Waals surface area contributed by atoms with Gasteiger partial charge < -0.3 is 30.2 Å². The largest absolute Gasteiger partial charge is 0.446 e. The molecular weight excluding hydrogens is 546 g/mol. The molecular formula is C28H35N7O5S. The zero-order valence-corrected chi connectivity index (χ0v) is 24.4. The Labute approximate surface area is 242 Å². The lowest BCUT2D eigenvalue weighted by Crippen LogP contribution is -2.47. The number of aromatic nitrogens is 2. The molecule has 3 heterocycles. The van der Waals surface area contributed by atoms with Crippen molar-refractivity contribution in [1.82, 2.24) is 35.7 Å². The van der Waals surface area contributed by atoms with Crippen LogP contribution in [-0.4, -0.2) is 83.7 Å². The highest BCUT2D eigenvalue weighted by atomic mass is 32.1. The Hall–Kier alpha value is -4.10. The minimum Gasteiger partial charge on any atom is -0.446 e. The fraction of sp³-hybridized carbons (Fsp3) is 0.429. The number of fused-ring (bicyclic) bond motifs is 4. The van der Waals surface area contributed by atoms with E-state index in [1.54, 1.807) is 24.4 Å². The van der Waals surface area contributed by atoms with Crippen molar-refractivity contribution >= 4 is 35.0 Å². The summed E-state index contributed by atoms with van der Waals surface area (Å²) in [6.45, 7) is 4.02. The maximum atomic E-state index is 13.3. The molecule has 0 saturated carbocycles. The standard InChI is InChI=1S/C28H35N7O5S/c1-17(2)24-28-32-21(16-41-28)26(39)30-19(12-18-8-6-5-7-9-18)27-31-20(15-40-27)25(38)29-10-11-35(13-22(36)33-24)23(37)14-34(3)4/h5-9,15-17,19,24H,10-14H2,1-4H3,(H,29,38)(H,30,39)(H,33,36)/t19-,24-/m0/s1. The van der Waals surface area contributed by atoms with Crippen molar-refractivity contribution in [2.75, 3.05) is 40.3 Å². The Kier molecular flexibility index (Phi) is 9.84. The van der Waals surface area contributed by atoms with Crippen LogP contribution in [0.25, 0.3) is 0 Å². The number of benzene rings is 1. The maximum absolute atomic E-state index is 13.3. The van der Waals surface area contributed by atoms with Gasteiger partial charge in [0, 0.05) is 24.9 Å². The summed E-state index contributed by atoms with van der Waals surface area (Å²) in [6, 6.07) is 8.40. The molecule has 3 aromatic rings. The van der Waals surface area contributed by atoms with Crippen molar-refractivity contribution in [3.8, 4) is 0 Å². The van der Waals surface area contributed by atoms with Crippen LogP contribution < -0.4 is 16.0 Å². The highest BCUT2D eigenvalue weighted by molar-refractivity contribution is 7.09. The van der Waals surface area contributed by atoms with Crippen LogP contribution in [0.15, 0.2) is 46.4 Å². The van der Waals surface area contributed by atoms with E-state index in [4.69, 9.17) is 4.42 Å². The van der Waals surface area contributed by atoms with Gasteiger partial charge in [0.1, 0.15) is 23.0 Å². The molecule has 0 aliphatic carbocycles. The summed E-state index contributed by atoms with van der Waals surface area (Å²) >= 11 is 1.27. The molecule has 4 amide bonds. The number of oxazole rings is 1. The van der Waals surface area contributed by atoms with Crippen LogP contribution in [0.2, 0.25) is 0 Å². The molecule has 1 aliphatic heterocycles. The number of hydrogen-bond acceptors (Lipinski definition) is 9. The summed E-state index contributed by atoms with van der Waals surface area (Å²) < 4.78 is 5.66. The molecule has 0 spiro atoms. The molecule has 41 heavy (non-hydrogen) atoms. The first-order valence-electron chi connectivity index (χ1n) is 13.4. The van der Waals surface area contributed by atoms with E-state index < -0.39 is 23.9 Å². The molecule has 0 saturated heterocycles. The summed E-state index contributed by atoms with van der Waals surface area (Å²) in [5.41, 5.74) is 1.16. The molecule has 13 heteroatoms. The second-order valence-corrected chi connectivity index (χ2v) is 11.3. The molecule has 0 fully saturated rings. The highest BCUT2D eigenvalue weighted by Crippen LogP contribution is 2.26. The molecule has 1 aliphatic rings. The molecule has 1 aromatic carbocycles. The van der Waals surface area contributed by atoms with Crippen LogP contribution in [0.5, 0.6) is 0 Å². The topological polar surface area (TPSA) is 150 Å². The summed E-state index contributed by atoms with van der Waals surface area (Å²) in [5, 5.41) is 10.9. The number of nitrogens with one attached hydrogen (secondary N) is 3. The van der Waals surface area contributed by atoms with Crippen molar-refractivity contribution < 1.29 is 23.6 Å². The average Bonchev–Trinajstić information content (AvgIpc) is 3.61. The summed E-state index contributed by atoms with van der Waals surface area (Å²) in [4.78, 5) is 64.2. The Morgan fingerprint density at radius 1 is 1.10 bits per heavy atom. The monoisotopic (exact) mass is 581 g/mol. The van der Waals surface area contributed by atoms with E-state index in [2.05, 4.69) is 25.9 Å². The third kappa shape index (κ3) is 7.98. The van der Waals surface area contributed by atoms with E-state index >= 15 is 0 Å². The highest BCUT2D eigenvalue weighted by Gasteiger charge is 2.28. The first-order chi connectivity index (χ1) is 19.6. The van der Waals surface area contributed by atoms with E-state index in [0.717, 1.165) is 5.56 Å². The minimum absolute atomic E-state index is 0.0339. The van der Waals surface area contributed by atoms with Gasteiger partial charge in [0.15, 0.2) is 5.69 Å². The minimum atomic E-state index is -0.671. The van der Waals surface area contributed by atoms with Gasteiger partial charge in [-0.1, -0.05) is 44.2 Å². The number of amides is 4. The first kappa shape index (κ1) is 29.9. The van der Waals surface area contributed by atoms with Gasteiger partial charge >= 0.3 is 0 Å². The molecule has 4 rings (SSSR count). The van der Waals surface area contributed by atoms with Gasteiger partial charge in [-0.25, -0.2) is 9.97 Å². The molecule has 0 unspecified atom stereocenters. The third-order valence-electron chi connectivity index (χ3n) is 6.45. The number of likely N-dealkylation sites (N-methyl/N-ethyl adjacent to an activating group) is 1. The van der Waals surface area contributed by atoms with Crippen molar-refractivity contribution in [3.63, 3.8) is 0 Å². The Morgan fingerprint density at radius 3 is 2.56 bits per heavy atom. The van der Waals surface area contributed by atoms with Crippen LogP contribution in [0.1, 0.15) is 63.4 Å². The molecule has 2 atom stereocenters. The van der Waals surface area contributed by atoms with Crippen molar-refractivity contribution in [3.05, 3.63) is 69.8 Å². The lowest BCUT2D eigenvalue weighted by atomic mass is 10.0. The van der Waals surface area contributed by atoms with Gasteiger partial charge in [-0.2, -0.15) is 0 Å². The zero-order valence-electron chi connectivity index (χ0n) is 23.5. The number of nitrogens with zero attached hydrogens (tertiary/aromatic N) is 4. The third-order valence-corrected chi connectivity index (χ3v) is 7.38. The molecule has 2 aromatic heterocycles. The predicted molar refractivity (Wildman–Crippen MR) is 152 cm³/mol. The van der Waals surface area contributed by atoms with E-state index in [9.17, 15) is 19.2 Å². The Bertz CT molecular complexity index is 1370. The molecule has 3 N–H and O–H groups in total. The van der Waals surface area contributed by atoms with Crippen LogP contribution in [0, 0.1) is 5.92 Å². The van der Waals surface area contributed by atoms with Gasteiger partial charge in [0.05, 0.1) is 19.1 Å². The first-order valence-corrected chi connectivity index (χ1v) is 14.2. The number of hydrogen-bond donors (Lipinski definition) is 3. The van der Waals surface area contributed by atoms with Gasteiger partial charge in [-0.15, -0.1) is 11.3 Å². The van der Waals surface area contributed by atoms with Gasteiger partial charge in [0.2, 0.25) is 17.7 Å². The SMILES string of the molecule is CC(C)[C@@H]1NC(=O)CN(C(=O)CN(C)C)CCNC(=O)c2coc(n2)[C@H](Cc2ccccc2)NC(=O)c2csc1n2. The summed E-state index contributed by atoms with van der Waals surface area (Å²) in [7, 11) is 3.53. The Morgan fingerprint density at radius 2 is 1.85 bits per heavy atom. The smallest absolute Gasteiger partial charge is 0.273 e. The fourth-order valence-electron chi connectivity index (χ4n) is 4.33. The van der Waals surface area contributed by atoms with Crippen LogP contribution in [-0.2, 0) is 16.0 Å². The quantitative estimate of drug-likeness (QED) is 0.413. The Balaban J connectivity index is 1.67. The van der Waals surface area contributed by atoms with E-state index in [1.165, 1.54) is 22.5 Å². The number of rotatable bonds is 5. The van der Waals surface area contributed by atoms with Gasteiger partial charge in [0.25, 0.3) is 11.8 Å². The van der Waals surface area contributed by atoms with Gasteiger partial charge in [-0.05, 0) is 25.6 Å². The lowest BCUT2D eigenvalue weighted by molar-refractivity contribution is -0.136. The number of carbonyl (C=O) groups is 4. The normalized spacial score (nSPS) is 18.9. The molecule has 4 bridgehead atoms. The average molecular weight is 582 g/mol. The summed E-state index contributed by atoms with van der Waals surface area (Å²) in [6.07, 6.45) is 1.61.